The highest BCUT2D eigenvalue weighted by Gasteiger charge is 2.36. The lowest BCUT2D eigenvalue weighted by Gasteiger charge is -2.17. The standard InChI is InChI=1S/C38H41ClN4O9/c1-47-12-13-49-14-15-50-16-17-51-18-19-52-28-9-6-25(7-10-28)37(45)40-27-8-11-34-41-30(24-42(34)23-27)38(46)43-22-26(21-39)35-31(43)20-32(44)29-4-3-5-33(48-2)36(29)35/h3-11,20,23-24,26,44H,12-19,21-22H2,1-2H3,(H,40,45)/t26-/m1/s1. The summed E-state index contributed by atoms with van der Waals surface area (Å²) in [4.78, 5) is 33.1. The van der Waals surface area contributed by atoms with Gasteiger partial charge in [-0.3, -0.25) is 9.59 Å². The number of ether oxygens (including phenoxy) is 6. The minimum absolute atomic E-state index is 0.0394. The molecule has 2 aromatic heterocycles. The first-order valence-electron chi connectivity index (χ1n) is 16.9. The fourth-order valence-electron chi connectivity index (χ4n) is 6.09. The van der Waals surface area contributed by atoms with Crippen LogP contribution in [0.15, 0.2) is 73.1 Å². The normalized spacial score (nSPS) is 13.8. The van der Waals surface area contributed by atoms with E-state index in [0.717, 1.165) is 10.9 Å². The van der Waals surface area contributed by atoms with Gasteiger partial charge in [-0.25, -0.2) is 4.98 Å². The fourth-order valence-corrected chi connectivity index (χ4v) is 6.34. The van der Waals surface area contributed by atoms with Gasteiger partial charge in [0.2, 0.25) is 0 Å². The minimum Gasteiger partial charge on any atom is -0.507 e. The van der Waals surface area contributed by atoms with Crippen molar-refractivity contribution in [2.24, 2.45) is 0 Å². The second-order valence-corrected chi connectivity index (χ2v) is 12.3. The van der Waals surface area contributed by atoms with Crippen molar-refractivity contribution in [3.8, 4) is 17.2 Å². The smallest absolute Gasteiger partial charge is 0.278 e. The second kappa shape index (κ2) is 17.5. The number of amides is 2. The number of nitrogens with zero attached hydrogens (tertiary/aromatic N) is 3. The van der Waals surface area contributed by atoms with Gasteiger partial charge in [-0.1, -0.05) is 12.1 Å². The maximum absolute atomic E-state index is 13.9. The van der Waals surface area contributed by atoms with Crippen LogP contribution >= 0.6 is 11.6 Å². The molecule has 0 aliphatic carbocycles. The zero-order chi connectivity index (χ0) is 36.5. The number of hydrogen-bond acceptors (Lipinski definition) is 10. The molecular weight excluding hydrogens is 692 g/mol. The highest BCUT2D eigenvalue weighted by atomic mass is 35.5. The minimum atomic E-state index is -0.338. The van der Waals surface area contributed by atoms with Crippen LogP contribution in [0, 0.1) is 0 Å². The number of benzene rings is 3. The molecule has 3 heterocycles. The van der Waals surface area contributed by atoms with Crippen LogP contribution in [0.1, 0.15) is 32.3 Å². The van der Waals surface area contributed by atoms with Crippen molar-refractivity contribution in [3.63, 3.8) is 0 Å². The number of aromatic hydroxyl groups is 1. The lowest BCUT2D eigenvalue weighted by molar-refractivity contribution is 0.000164. The average molecular weight is 733 g/mol. The number of methoxy groups -OCH3 is 2. The van der Waals surface area contributed by atoms with Crippen molar-refractivity contribution >= 4 is 51.2 Å². The Balaban J connectivity index is 1.03. The van der Waals surface area contributed by atoms with Gasteiger partial charge in [0, 0.05) is 60.2 Å². The Morgan fingerprint density at radius 3 is 2.31 bits per heavy atom. The third-order valence-corrected chi connectivity index (χ3v) is 8.96. The molecule has 13 nitrogen and oxygen atoms in total. The Morgan fingerprint density at radius 1 is 0.904 bits per heavy atom. The first-order chi connectivity index (χ1) is 25.4. The fraction of sp³-hybridized carbons (Fsp3) is 0.342. The number of aromatic nitrogens is 2. The van der Waals surface area contributed by atoms with Crippen molar-refractivity contribution < 1.29 is 43.1 Å². The molecule has 3 aromatic carbocycles. The number of carbonyl (C=O) groups is 2. The van der Waals surface area contributed by atoms with E-state index < -0.39 is 0 Å². The maximum Gasteiger partial charge on any atom is 0.278 e. The molecule has 5 aromatic rings. The molecular formula is C38H41ClN4O9. The van der Waals surface area contributed by atoms with Gasteiger partial charge in [0.25, 0.3) is 11.8 Å². The molecule has 0 spiro atoms. The number of halogens is 1. The van der Waals surface area contributed by atoms with Gasteiger partial charge in [-0.05, 0) is 48.0 Å². The van der Waals surface area contributed by atoms with Gasteiger partial charge in [0.15, 0.2) is 0 Å². The SMILES string of the molecule is COCCOCCOCCOCCOc1ccc(C(=O)Nc2ccc3nc(C(=O)N4C[C@@H](CCl)c5c4cc(O)c4cccc(OC)c54)cn3c2)cc1. The summed E-state index contributed by atoms with van der Waals surface area (Å²) in [5.74, 6) is 0.703. The summed E-state index contributed by atoms with van der Waals surface area (Å²) in [6, 6.07) is 17.3. The number of alkyl halides is 1. The molecule has 1 aliphatic rings. The number of phenolic OH excluding ortho intramolecular Hbond substituents is 1. The summed E-state index contributed by atoms with van der Waals surface area (Å²) in [5, 5.41) is 15.2. The van der Waals surface area contributed by atoms with Gasteiger partial charge >= 0.3 is 0 Å². The largest absolute Gasteiger partial charge is 0.507 e. The van der Waals surface area contributed by atoms with Crippen LogP contribution in [0.4, 0.5) is 11.4 Å². The predicted octanol–water partition coefficient (Wildman–Crippen LogP) is 5.51. The van der Waals surface area contributed by atoms with Crippen LogP contribution in [0.5, 0.6) is 17.2 Å². The number of phenols is 1. The molecule has 0 radical (unpaired) electrons. The second-order valence-electron chi connectivity index (χ2n) is 11.9. The van der Waals surface area contributed by atoms with E-state index in [1.54, 1.807) is 78.4 Å². The molecule has 52 heavy (non-hydrogen) atoms. The Morgan fingerprint density at radius 2 is 1.62 bits per heavy atom. The van der Waals surface area contributed by atoms with Crippen LogP contribution in [0.25, 0.3) is 16.4 Å². The Kier molecular flexibility index (Phi) is 12.4. The molecule has 1 atom stereocenters. The molecule has 0 saturated heterocycles. The third kappa shape index (κ3) is 8.41. The lowest BCUT2D eigenvalue weighted by atomic mass is 9.94. The summed E-state index contributed by atoms with van der Waals surface area (Å²) in [7, 11) is 3.20. The summed E-state index contributed by atoms with van der Waals surface area (Å²) >= 11 is 6.41. The molecule has 1 aliphatic heterocycles. The van der Waals surface area contributed by atoms with Crippen LogP contribution in [0.3, 0.4) is 0 Å². The Bertz CT molecular complexity index is 2000. The summed E-state index contributed by atoms with van der Waals surface area (Å²) < 4.78 is 34.2. The monoisotopic (exact) mass is 732 g/mol. The number of rotatable bonds is 18. The molecule has 14 heteroatoms. The quantitative estimate of drug-likeness (QED) is 0.0875. The topological polar surface area (TPSA) is 142 Å². The zero-order valence-corrected chi connectivity index (χ0v) is 29.8. The number of pyridine rings is 1. The van der Waals surface area contributed by atoms with E-state index in [0.29, 0.717) is 98.9 Å². The summed E-state index contributed by atoms with van der Waals surface area (Å²) in [5.41, 5.74) is 3.12. The van der Waals surface area contributed by atoms with Gasteiger partial charge in [0.05, 0.1) is 64.7 Å². The summed E-state index contributed by atoms with van der Waals surface area (Å²) in [6.07, 6.45) is 3.31. The van der Waals surface area contributed by atoms with Crippen LogP contribution < -0.4 is 19.7 Å². The summed E-state index contributed by atoms with van der Waals surface area (Å²) in [6.45, 7) is 4.11. The molecule has 0 fully saturated rings. The predicted molar refractivity (Wildman–Crippen MR) is 197 cm³/mol. The number of nitrogens with one attached hydrogen (secondary N) is 1. The van der Waals surface area contributed by atoms with Gasteiger partial charge in [0.1, 0.15) is 35.2 Å². The average Bonchev–Trinajstić information content (AvgIpc) is 3.76. The van der Waals surface area contributed by atoms with Crippen LogP contribution in [-0.4, -0.2) is 106 Å². The van der Waals surface area contributed by atoms with E-state index >= 15 is 0 Å². The molecule has 2 amide bonds. The number of anilines is 2. The van der Waals surface area contributed by atoms with E-state index in [4.69, 9.17) is 40.0 Å². The van der Waals surface area contributed by atoms with E-state index in [2.05, 4.69) is 10.3 Å². The molecule has 0 saturated carbocycles. The van der Waals surface area contributed by atoms with E-state index in [9.17, 15) is 14.7 Å². The van der Waals surface area contributed by atoms with E-state index in [1.807, 2.05) is 18.2 Å². The molecule has 6 rings (SSSR count). The van der Waals surface area contributed by atoms with Crippen molar-refractivity contribution in [1.82, 2.24) is 9.38 Å². The zero-order valence-electron chi connectivity index (χ0n) is 29.0. The number of imidazole rings is 1. The molecule has 0 bridgehead atoms. The van der Waals surface area contributed by atoms with Crippen molar-refractivity contribution in [2.45, 2.75) is 5.92 Å². The molecule has 274 valence electrons. The highest BCUT2D eigenvalue weighted by molar-refractivity contribution is 6.19. The number of fused-ring (bicyclic) bond motifs is 4. The van der Waals surface area contributed by atoms with E-state index in [1.165, 1.54) is 0 Å². The Hall–Kier alpha value is -4.92. The van der Waals surface area contributed by atoms with Crippen molar-refractivity contribution in [3.05, 3.63) is 89.9 Å². The number of hydrogen-bond donors (Lipinski definition) is 2. The van der Waals surface area contributed by atoms with Gasteiger partial charge in [-0.15, -0.1) is 11.6 Å². The van der Waals surface area contributed by atoms with Crippen LogP contribution in [-0.2, 0) is 18.9 Å². The third-order valence-electron chi connectivity index (χ3n) is 8.59. The van der Waals surface area contributed by atoms with E-state index in [-0.39, 0.29) is 35.1 Å². The highest BCUT2D eigenvalue weighted by Crippen LogP contribution is 2.48. The van der Waals surface area contributed by atoms with Crippen molar-refractivity contribution in [1.29, 1.82) is 0 Å². The molecule has 2 N–H and O–H groups in total. The lowest BCUT2D eigenvalue weighted by Crippen LogP contribution is -2.30. The Labute approximate surface area is 305 Å². The first-order valence-corrected chi connectivity index (χ1v) is 17.4. The number of carbonyl (C=O) groups excluding carboxylic acids is 2. The first kappa shape index (κ1) is 36.9. The van der Waals surface area contributed by atoms with Crippen molar-refractivity contribution in [2.75, 3.05) is 89.7 Å². The van der Waals surface area contributed by atoms with Gasteiger partial charge in [-0.2, -0.15) is 0 Å². The van der Waals surface area contributed by atoms with Crippen LogP contribution in [0.2, 0.25) is 0 Å². The van der Waals surface area contributed by atoms with Gasteiger partial charge < -0.3 is 48.1 Å². The molecule has 0 unspecified atom stereocenters. The maximum atomic E-state index is 13.9.